The summed E-state index contributed by atoms with van der Waals surface area (Å²) in [6.07, 6.45) is 0.979. The van der Waals surface area contributed by atoms with Crippen molar-refractivity contribution in [3.05, 3.63) is 0 Å². The molecule has 0 aliphatic rings. The molecule has 1 N–H and O–H groups in total. The summed E-state index contributed by atoms with van der Waals surface area (Å²) in [7, 11) is 1.39. The van der Waals surface area contributed by atoms with E-state index in [0.29, 0.717) is 13.2 Å². The van der Waals surface area contributed by atoms with E-state index in [9.17, 15) is 4.79 Å². The van der Waals surface area contributed by atoms with Crippen LogP contribution < -0.4 is 5.32 Å². The van der Waals surface area contributed by atoms with Crippen molar-refractivity contribution in [2.75, 3.05) is 26.9 Å². The van der Waals surface area contributed by atoms with Gasteiger partial charge in [-0.1, -0.05) is 27.7 Å². The Morgan fingerprint density at radius 3 is 2.44 bits per heavy atom. The zero-order chi connectivity index (χ0) is 12.6. The Labute approximate surface area is 98.7 Å². The number of hydrogen-bond acceptors (Lipinski definition) is 4. The summed E-state index contributed by atoms with van der Waals surface area (Å²) < 4.78 is 10.2. The Balaban J connectivity index is 3.81. The van der Waals surface area contributed by atoms with Crippen LogP contribution in [0.15, 0.2) is 0 Å². The molecule has 0 aliphatic carbocycles. The predicted octanol–water partition coefficient (Wildman–Crippen LogP) is 1.59. The van der Waals surface area contributed by atoms with Crippen LogP contribution in [0, 0.1) is 5.41 Å². The molecule has 0 rings (SSSR count). The molecule has 0 heterocycles. The highest BCUT2D eigenvalue weighted by atomic mass is 16.5. The molecule has 0 aromatic rings. The number of esters is 1. The normalized spacial score (nSPS) is 13.6. The Hall–Kier alpha value is -0.610. The molecule has 0 aromatic heterocycles. The second-order valence-corrected chi connectivity index (χ2v) is 5.02. The van der Waals surface area contributed by atoms with Gasteiger partial charge in [-0.2, -0.15) is 0 Å². The first-order valence-corrected chi connectivity index (χ1v) is 5.79. The van der Waals surface area contributed by atoms with Crippen molar-refractivity contribution in [3.8, 4) is 0 Å². The average Bonchev–Trinajstić information content (AvgIpc) is 2.20. The van der Waals surface area contributed by atoms with Crippen molar-refractivity contribution in [2.45, 2.75) is 40.2 Å². The van der Waals surface area contributed by atoms with Crippen molar-refractivity contribution in [2.24, 2.45) is 5.41 Å². The van der Waals surface area contributed by atoms with Gasteiger partial charge in [-0.15, -0.1) is 0 Å². The van der Waals surface area contributed by atoms with Crippen LogP contribution in [0.4, 0.5) is 0 Å². The fourth-order valence-electron chi connectivity index (χ4n) is 1.18. The number of rotatable bonds is 7. The third kappa shape index (κ3) is 7.65. The minimum Gasteiger partial charge on any atom is -0.468 e. The second kappa shape index (κ2) is 7.63. The van der Waals surface area contributed by atoms with Crippen LogP contribution in [0.25, 0.3) is 0 Å². The lowest BCUT2D eigenvalue weighted by molar-refractivity contribution is -0.144. The molecule has 4 nitrogen and oxygen atoms in total. The highest BCUT2D eigenvalue weighted by molar-refractivity contribution is 5.75. The van der Waals surface area contributed by atoms with Crippen LogP contribution in [-0.2, 0) is 14.3 Å². The van der Waals surface area contributed by atoms with Gasteiger partial charge in [-0.3, -0.25) is 4.79 Å². The smallest absolute Gasteiger partial charge is 0.325 e. The summed E-state index contributed by atoms with van der Waals surface area (Å²) in [5, 5.41) is 3.03. The van der Waals surface area contributed by atoms with Crippen molar-refractivity contribution >= 4 is 5.97 Å². The van der Waals surface area contributed by atoms with Gasteiger partial charge >= 0.3 is 5.97 Å². The number of nitrogens with one attached hydrogen (secondary N) is 1. The molecule has 0 radical (unpaired) electrons. The van der Waals surface area contributed by atoms with E-state index in [-0.39, 0.29) is 17.4 Å². The van der Waals surface area contributed by atoms with E-state index in [2.05, 4.69) is 30.8 Å². The number of ether oxygens (including phenoxy) is 2. The Kier molecular flexibility index (Phi) is 7.34. The first-order valence-electron chi connectivity index (χ1n) is 5.79. The molecular weight excluding hydrogens is 206 g/mol. The quantitative estimate of drug-likeness (QED) is 0.534. The third-order valence-electron chi connectivity index (χ3n) is 2.22. The summed E-state index contributed by atoms with van der Waals surface area (Å²) in [5.74, 6) is -0.266. The Morgan fingerprint density at radius 1 is 1.38 bits per heavy atom. The van der Waals surface area contributed by atoms with Crippen molar-refractivity contribution < 1.29 is 14.3 Å². The van der Waals surface area contributed by atoms with Gasteiger partial charge in [0.25, 0.3) is 0 Å². The van der Waals surface area contributed by atoms with Crippen LogP contribution in [0.3, 0.4) is 0 Å². The average molecular weight is 231 g/mol. The molecule has 16 heavy (non-hydrogen) atoms. The Morgan fingerprint density at radius 2 is 2.00 bits per heavy atom. The molecule has 4 heteroatoms. The van der Waals surface area contributed by atoms with Crippen LogP contribution >= 0.6 is 0 Å². The molecule has 0 saturated carbocycles. The highest BCUT2D eigenvalue weighted by Crippen LogP contribution is 2.17. The maximum absolute atomic E-state index is 11.3. The first-order chi connectivity index (χ1) is 7.40. The van der Waals surface area contributed by atoms with E-state index < -0.39 is 0 Å². The van der Waals surface area contributed by atoms with Crippen LogP contribution in [0.5, 0.6) is 0 Å². The minimum atomic E-state index is -0.352. The Bertz CT molecular complexity index is 199. The van der Waals surface area contributed by atoms with Gasteiger partial charge in [-0.05, 0) is 18.4 Å². The molecule has 0 aliphatic heterocycles. The van der Waals surface area contributed by atoms with E-state index in [1.54, 1.807) is 0 Å². The van der Waals surface area contributed by atoms with Crippen LogP contribution in [0.1, 0.15) is 34.1 Å². The highest BCUT2D eigenvalue weighted by Gasteiger charge is 2.18. The second-order valence-electron chi connectivity index (χ2n) is 5.02. The fraction of sp³-hybridized carbons (Fsp3) is 0.917. The van der Waals surface area contributed by atoms with Gasteiger partial charge in [0.1, 0.15) is 6.04 Å². The molecule has 0 amide bonds. The summed E-state index contributed by atoms with van der Waals surface area (Å²) in [4.78, 5) is 11.3. The number of methoxy groups -OCH3 is 1. The maximum atomic E-state index is 11.3. The fourth-order valence-corrected chi connectivity index (χ4v) is 1.18. The first kappa shape index (κ1) is 15.4. The van der Waals surface area contributed by atoms with Crippen LogP contribution in [-0.4, -0.2) is 38.9 Å². The monoisotopic (exact) mass is 231 g/mol. The largest absolute Gasteiger partial charge is 0.468 e. The van der Waals surface area contributed by atoms with Gasteiger partial charge in [0.05, 0.1) is 13.7 Å². The molecule has 0 saturated heterocycles. The van der Waals surface area contributed by atoms with Crippen molar-refractivity contribution in [1.29, 1.82) is 0 Å². The lowest BCUT2D eigenvalue weighted by Crippen LogP contribution is -2.41. The van der Waals surface area contributed by atoms with Gasteiger partial charge in [0, 0.05) is 6.61 Å². The zero-order valence-electron chi connectivity index (χ0n) is 11.1. The summed E-state index contributed by atoms with van der Waals surface area (Å²) in [6, 6.07) is -0.352. The number of carbonyl (C=O) groups excluding carboxylic acids is 1. The number of likely N-dealkylation sites (N-methyl/N-ethyl adjacent to an activating group) is 1. The van der Waals surface area contributed by atoms with Crippen molar-refractivity contribution in [1.82, 2.24) is 5.32 Å². The van der Waals surface area contributed by atoms with Gasteiger partial charge < -0.3 is 14.8 Å². The molecule has 0 aromatic carbocycles. The number of carbonyl (C=O) groups is 1. The summed E-state index contributed by atoms with van der Waals surface area (Å²) in [5.41, 5.74) is 0.263. The zero-order valence-corrected chi connectivity index (χ0v) is 11.1. The summed E-state index contributed by atoms with van der Waals surface area (Å²) >= 11 is 0. The molecular formula is C12H25NO3. The standard InChI is InChI=1S/C12H25NO3/c1-6-13-10(11(14)15-5)9-16-8-7-12(2,3)4/h10,13H,6-9H2,1-5H3. The van der Waals surface area contributed by atoms with E-state index >= 15 is 0 Å². The molecule has 0 spiro atoms. The predicted molar refractivity (Wildman–Crippen MR) is 64.4 cm³/mol. The topological polar surface area (TPSA) is 47.6 Å². The third-order valence-corrected chi connectivity index (χ3v) is 2.22. The van der Waals surface area contributed by atoms with E-state index in [4.69, 9.17) is 4.74 Å². The van der Waals surface area contributed by atoms with E-state index in [1.807, 2.05) is 6.92 Å². The molecule has 1 atom stereocenters. The number of hydrogen-bond donors (Lipinski definition) is 1. The van der Waals surface area contributed by atoms with Crippen molar-refractivity contribution in [3.63, 3.8) is 0 Å². The van der Waals surface area contributed by atoms with Gasteiger partial charge in [0.2, 0.25) is 0 Å². The van der Waals surface area contributed by atoms with Crippen LogP contribution in [0.2, 0.25) is 0 Å². The lowest BCUT2D eigenvalue weighted by atomic mass is 9.93. The minimum absolute atomic E-state index is 0.263. The van der Waals surface area contributed by atoms with Gasteiger partial charge in [0.15, 0.2) is 0 Å². The molecule has 1 unspecified atom stereocenters. The summed E-state index contributed by atoms with van der Waals surface area (Å²) in [6.45, 7) is 10.2. The molecule has 0 bridgehead atoms. The van der Waals surface area contributed by atoms with E-state index in [0.717, 1.165) is 13.0 Å². The van der Waals surface area contributed by atoms with Gasteiger partial charge in [-0.25, -0.2) is 0 Å². The maximum Gasteiger partial charge on any atom is 0.325 e. The lowest BCUT2D eigenvalue weighted by Gasteiger charge is -2.19. The SMILES string of the molecule is CCNC(COCCC(C)(C)C)C(=O)OC. The molecule has 0 fully saturated rings. The van der Waals surface area contributed by atoms with E-state index in [1.165, 1.54) is 7.11 Å². The molecule has 96 valence electrons.